The molecule has 0 radical (unpaired) electrons. The fourth-order valence-electron chi connectivity index (χ4n) is 0.930. The molecule has 0 aromatic carbocycles. The summed E-state index contributed by atoms with van der Waals surface area (Å²) in [6.07, 6.45) is 2.17. The third-order valence-corrected chi connectivity index (χ3v) is 1.68. The molecule has 0 bridgehead atoms. The van der Waals surface area contributed by atoms with Crippen LogP contribution in [0.15, 0.2) is 12.7 Å². The first-order chi connectivity index (χ1) is 5.26. The highest BCUT2D eigenvalue weighted by molar-refractivity contribution is 4.84. The second-order valence-electron chi connectivity index (χ2n) is 2.52. The Morgan fingerprint density at radius 1 is 1.36 bits per heavy atom. The maximum absolute atomic E-state index is 9.14. The van der Waals surface area contributed by atoms with Gasteiger partial charge >= 0.3 is 0 Å². The Balaban J connectivity index is 3.65. The third kappa shape index (κ3) is 4.14. The van der Waals surface area contributed by atoms with E-state index in [1.807, 2.05) is 0 Å². The fourth-order valence-corrected chi connectivity index (χ4v) is 0.930. The van der Waals surface area contributed by atoms with Crippen LogP contribution in [0.2, 0.25) is 0 Å². The zero-order valence-electron chi connectivity index (χ0n) is 6.61. The summed E-state index contributed by atoms with van der Waals surface area (Å²) >= 11 is 0. The highest BCUT2D eigenvalue weighted by Gasteiger charge is 2.13. The zero-order chi connectivity index (χ0) is 8.69. The molecule has 0 aliphatic heterocycles. The lowest BCUT2D eigenvalue weighted by Crippen LogP contribution is -2.22. The lowest BCUT2D eigenvalue weighted by atomic mass is 9.98. The third-order valence-electron chi connectivity index (χ3n) is 1.68. The lowest BCUT2D eigenvalue weighted by Gasteiger charge is -2.16. The molecule has 3 nitrogen and oxygen atoms in total. The average Bonchev–Trinajstić information content (AvgIpc) is 2.05. The Kier molecular flexibility index (Phi) is 6.12. The predicted octanol–water partition coefficient (Wildman–Crippen LogP) is -0.0857. The van der Waals surface area contributed by atoms with E-state index in [0.29, 0.717) is 12.8 Å². The van der Waals surface area contributed by atoms with Crippen LogP contribution in [-0.4, -0.2) is 34.6 Å². The van der Waals surface area contributed by atoms with Crippen LogP contribution in [0.4, 0.5) is 0 Å². The standard InChI is InChI=1S/C8H16O3/c1-2-7(4-3-5-9)8(11)6-10/h2,7-11H,1,3-6H2. The van der Waals surface area contributed by atoms with Gasteiger partial charge in [0.1, 0.15) is 0 Å². The van der Waals surface area contributed by atoms with Crippen molar-refractivity contribution < 1.29 is 15.3 Å². The van der Waals surface area contributed by atoms with E-state index in [9.17, 15) is 0 Å². The van der Waals surface area contributed by atoms with E-state index in [0.717, 1.165) is 0 Å². The van der Waals surface area contributed by atoms with Gasteiger partial charge in [0.15, 0.2) is 0 Å². The topological polar surface area (TPSA) is 60.7 Å². The van der Waals surface area contributed by atoms with E-state index >= 15 is 0 Å². The van der Waals surface area contributed by atoms with E-state index < -0.39 is 6.10 Å². The maximum Gasteiger partial charge on any atom is 0.0833 e. The van der Waals surface area contributed by atoms with E-state index in [1.165, 1.54) is 0 Å². The summed E-state index contributed by atoms with van der Waals surface area (Å²) in [5.41, 5.74) is 0. The molecule has 3 N–H and O–H groups in total. The fraction of sp³-hybridized carbons (Fsp3) is 0.750. The minimum Gasteiger partial charge on any atom is -0.396 e. The highest BCUT2D eigenvalue weighted by Crippen LogP contribution is 2.11. The van der Waals surface area contributed by atoms with Gasteiger partial charge in [0.25, 0.3) is 0 Å². The molecule has 0 saturated heterocycles. The van der Waals surface area contributed by atoms with Gasteiger partial charge in [-0.05, 0) is 12.8 Å². The first-order valence-corrected chi connectivity index (χ1v) is 3.78. The molecular weight excluding hydrogens is 144 g/mol. The monoisotopic (exact) mass is 160 g/mol. The summed E-state index contributed by atoms with van der Waals surface area (Å²) in [4.78, 5) is 0. The quantitative estimate of drug-likeness (QED) is 0.476. The molecule has 66 valence electrons. The SMILES string of the molecule is C=CC(CCCO)C(O)CO. The molecule has 2 unspecified atom stereocenters. The summed E-state index contributed by atoms with van der Waals surface area (Å²) in [6, 6.07) is 0. The summed E-state index contributed by atoms with van der Waals surface area (Å²) in [5, 5.41) is 26.2. The Morgan fingerprint density at radius 3 is 2.36 bits per heavy atom. The number of hydrogen-bond acceptors (Lipinski definition) is 3. The van der Waals surface area contributed by atoms with Crippen molar-refractivity contribution in [2.24, 2.45) is 5.92 Å². The molecule has 0 fully saturated rings. The van der Waals surface area contributed by atoms with Gasteiger partial charge in [-0.25, -0.2) is 0 Å². The molecule has 0 rings (SSSR count). The summed E-state index contributed by atoms with van der Waals surface area (Å²) in [7, 11) is 0. The van der Waals surface area contributed by atoms with E-state index in [1.54, 1.807) is 6.08 Å². The van der Waals surface area contributed by atoms with Crippen LogP contribution in [0.1, 0.15) is 12.8 Å². The van der Waals surface area contributed by atoms with Gasteiger partial charge in [0, 0.05) is 12.5 Å². The van der Waals surface area contributed by atoms with Crippen molar-refractivity contribution in [1.29, 1.82) is 0 Å². The molecule has 0 saturated carbocycles. The van der Waals surface area contributed by atoms with Crippen molar-refractivity contribution >= 4 is 0 Å². The van der Waals surface area contributed by atoms with Crippen LogP contribution in [-0.2, 0) is 0 Å². The zero-order valence-corrected chi connectivity index (χ0v) is 6.61. The van der Waals surface area contributed by atoms with Crippen molar-refractivity contribution in [1.82, 2.24) is 0 Å². The van der Waals surface area contributed by atoms with Gasteiger partial charge in [0.05, 0.1) is 12.7 Å². The van der Waals surface area contributed by atoms with E-state index in [2.05, 4.69) is 6.58 Å². The number of hydrogen-bond donors (Lipinski definition) is 3. The second kappa shape index (κ2) is 6.34. The lowest BCUT2D eigenvalue weighted by molar-refractivity contribution is 0.0579. The molecule has 0 aliphatic carbocycles. The minimum absolute atomic E-state index is 0.104. The first-order valence-electron chi connectivity index (χ1n) is 3.78. The molecule has 0 heterocycles. The van der Waals surface area contributed by atoms with Gasteiger partial charge in [-0.15, -0.1) is 6.58 Å². The molecule has 11 heavy (non-hydrogen) atoms. The summed E-state index contributed by atoms with van der Waals surface area (Å²) in [5.74, 6) is -0.104. The number of rotatable bonds is 6. The summed E-state index contributed by atoms with van der Waals surface area (Å²) in [6.45, 7) is 3.40. The van der Waals surface area contributed by atoms with Crippen LogP contribution in [0, 0.1) is 5.92 Å². The van der Waals surface area contributed by atoms with Crippen LogP contribution in [0.5, 0.6) is 0 Å². The smallest absolute Gasteiger partial charge is 0.0833 e. The average molecular weight is 160 g/mol. The van der Waals surface area contributed by atoms with Crippen molar-refractivity contribution in [3.8, 4) is 0 Å². The Bertz CT molecular complexity index is 104. The van der Waals surface area contributed by atoms with E-state index in [4.69, 9.17) is 15.3 Å². The minimum atomic E-state index is -0.737. The number of aliphatic hydroxyl groups is 3. The van der Waals surface area contributed by atoms with Crippen LogP contribution in [0.25, 0.3) is 0 Å². The normalized spacial score (nSPS) is 15.9. The Labute approximate surface area is 67.0 Å². The molecule has 0 spiro atoms. The van der Waals surface area contributed by atoms with Crippen molar-refractivity contribution in [3.05, 3.63) is 12.7 Å². The molecule has 0 aromatic rings. The van der Waals surface area contributed by atoms with Crippen molar-refractivity contribution in [2.45, 2.75) is 18.9 Å². The van der Waals surface area contributed by atoms with Gasteiger partial charge in [0.2, 0.25) is 0 Å². The Hall–Kier alpha value is -0.380. The van der Waals surface area contributed by atoms with Gasteiger partial charge in [-0.3, -0.25) is 0 Å². The van der Waals surface area contributed by atoms with Crippen LogP contribution >= 0.6 is 0 Å². The molecule has 0 aromatic heterocycles. The summed E-state index contributed by atoms with van der Waals surface area (Å²) < 4.78 is 0. The molecule has 2 atom stereocenters. The second-order valence-corrected chi connectivity index (χ2v) is 2.52. The first kappa shape index (κ1) is 10.6. The van der Waals surface area contributed by atoms with Crippen molar-refractivity contribution in [2.75, 3.05) is 13.2 Å². The van der Waals surface area contributed by atoms with E-state index in [-0.39, 0.29) is 19.1 Å². The predicted molar refractivity (Wildman–Crippen MR) is 43.1 cm³/mol. The van der Waals surface area contributed by atoms with Crippen LogP contribution < -0.4 is 0 Å². The van der Waals surface area contributed by atoms with Gasteiger partial charge < -0.3 is 15.3 Å². The largest absolute Gasteiger partial charge is 0.396 e. The van der Waals surface area contributed by atoms with Crippen LogP contribution in [0.3, 0.4) is 0 Å². The van der Waals surface area contributed by atoms with Gasteiger partial charge in [-0.2, -0.15) is 0 Å². The van der Waals surface area contributed by atoms with Gasteiger partial charge in [-0.1, -0.05) is 6.08 Å². The highest BCUT2D eigenvalue weighted by atomic mass is 16.3. The Morgan fingerprint density at radius 2 is 2.00 bits per heavy atom. The molecule has 3 heteroatoms. The maximum atomic E-state index is 9.14. The molecular formula is C8H16O3. The van der Waals surface area contributed by atoms with Crippen molar-refractivity contribution in [3.63, 3.8) is 0 Å². The molecule has 0 amide bonds. The number of aliphatic hydroxyl groups excluding tert-OH is 3. The molecule has 0 aliphatic rings.